The second-order valence-electron chi connectivity index (χ2n) is 3.79. The fraction of sp³-hybridized carbons (Fsp3) is 0.231. The number of aromatic nitrogens is 2. The van der Waals surface area contributed by atoms with Crippen molar-refractivity contribution in [1.82, 2.24) is 9.97 Å². The monoisotopic (exact) mass is 308 g/mol. The van der Waals surface area contributed by atoms with Crippen molar-refractivity contribution in [2.24, 2.45) is 0 Å². The van der Waals surface area contributed by atoms with Gasteiger partial charge in [0.15, 0.2) is 0 Å². The molecule has 2 rings (SSSR count). The lowest BCUT2D eigenvalue weighted by atomic mass is 10.1. The molecule has 1 N–H and O–H groups in total. The average Bonchev–Trinajstić information content (AvgIpc) is 2.41. The molecule has 4 nitrogen and oxygen atoms in total. The lowest BCUT2D eigenvalue weighted by Crippen LogP contribution is -2.06. The predicted octanol–water partition coefficient (Wildman–Crippen LogP) is 2.52. The van der Waals surface area contributed by atoms with Gasteiger partial charge in [-0.3, -0.25) is 4.98 Å². The van der Waals surface area contributed by atoms with Crippen molar-refractivity contribution in [3.05, 3.63) is 52.4 Å². The number of halogens is 1. The highest BCUT2D eigenvalue weighted by molar-refractivity contribution is 9.10. The highest BCUT2D eigenvalue weighted by Gasteiger charge is 2.11. The van der Waals surface area contributed by atoms with Crippen LogP contribution < -0.4 is 4.74 Å². The van der Waals surface area contributed by atoms with Gasteiger partial charge in [0.2, 0.25) is 5.88 Å². The normalized spacial score (nSPS) is 12.2. The Kier molecular flexibility index (Phi) is 4.28. The Bertz CT molecular complexity index is 517. The van der Waals surface area contributed by atoms with Gasteiger partial charge >= 0.3 is 0 Å². The van der Waals surface area contributed by atoms with Crippen molar-refractivity contribution in [2.45, 2.75) is 12.5 Å². The third-order valence-electron chi connectivity index (χ3n) is 2.49. The van der Waals surface area contributed by atoms with Gasteiger partial charge < -0.3 is 9.84 Å². The van der Waals surface area contributed by atoms with Gasteiger partial charge in [-0.25, -0.2) is 4.98 Å². The number of nitrogens with zero attached hydrogens (tertiary/aromatic N) is 2. The van der Waals surface area contributed by atoms with E-state index in [4.69, 9.17) is 4.74 Å². The molecular formula is C13H13BrN2O2. The minimum Gasteiger partial charge on any atom is -0.481 e. The van der Waals surface area contributed by atoms with Crippen LogP contribution in [0.3, 0.4) is 0 Å². The molecule has 0 amide bonds. The van der Waals surface area contributed by atoms with Crippen LogP contribution in [0.15, 0.2) is 41.0 Å². The Balaban J connectivity index is 2.11. The molecule has 0 bridgehead atoms. The first-order valence-electron chi connectivity index (χ1n) is 5.48. The minimum atomic E-state index is -0.686. The highest BCUT2D eigenvalue weighted by atomic mass is 79.9. The largest absolute Gasteiger partial charge is 0.481 e. The van der Waals surface area contributed by atoms with Crippen molar-refractivity contribution in [1.29, 1.82) is 0 Å². The van der Waals surface area contributed by atoms with Crippen LogP contribution in [0, 0.1) is 0 Å². The molecular weight excluding hydrogens is 296 g/mol. The van der Waals surface area contributed by atoms with Gasteiger partial charge in [-0.1, -0.05) is 6.07 Å². The predicted molar refractivity (Wildman–Crippen MR) is 71.4 cm³/mol. The molecule has 0 spiro atoms. The maximum Gasteiger partial charge on any atom is 0.213 e. The van der Waals surface area contributed by atoms with Crippen LogP contribution in [0.2, 0.25) is 0 Å². The number of rotatable bonds is 4. The Hall–Kier alpha value is -1.46. The number of aliphatic hydroxyl groups is 1. The van der Waals surface area contributed by atoms with E-state index in [-0.39, 0.29) is 0 Å². The van der Waals surface area contributed by atoms with Gasteiger partial charge in [0.25, 0.3) is 0 Å². The van der Waals surface area contributed by atoms with Crippen LogP contribution >= 0.6 is 15.9 Å². The molecule has 1 atom stereocenters. The third-order valence-corrected chi connectivity index (χ3v) is 2.96. The summed E-state index contributed by atoms with van der Waals surface area (Å²) in [6.07, 6.45) is 1.45. The lowest BCUT2D eigenvalue weighted by Gasteiger charge is -2.10. The summed E-state index contributed by atoms with van der Waals surface area (Å²) in [5.74, 6) is 0.496. The molecule has 0 aliphatic carbocycles. The highest BCUT2D eigenvalue weighted by Crippen LogP contribution is 2.18. The van der Waals surface area contributed by atoms with E-state index in [0.717, 1.165) is 10.2 Å². The van der Waals surface area contributed by atoms with Crippen molar-refractivity contribution in [3.8, 4) is 5.88 Å². The maximum absolute atomic E-state index is 10.1. The lowest BCUT2D eigenvalue weighted by molar-refractivity contribution is 0.171. The first kappa shape index (κ1) is 13.0. The van der Waals surface area contributed by atoms with Gasteiger partial charge in [-0.2, -0.15) is 0 Å². The second kappa shape index (κ2) is 5.93. The van der Waals surface area contributed by atoms with Crippen LogP contribution in [0.1, 0.15) is 17.5 Å². The first-order chi connectivity index (χ1) is 8.69. The molecule has 2 aromatic rings. The molecule has 18 heavy (non-hydrogen) atoms. The Morgan fingerprint density at radius 1 is 1.33 bits per heavy atom. The summed E-state index contributed by atoms with van der Waals surface area (Å²) in [6.45, 7) is 0. The smallest absolute Gasteiger partial charge is 0.213 e. The van der Waals surface area contributed by atoms with Gasteiger partial charge in [0.1, 0.15) is 6.10 Å². The standard InChI is InChI=1S/C13H13BrN2O2/c1-18-13-4-2-3-11(16-13)12(17)7-10-6-5-9(14)8-15-10/h2-6,8,12,17H,7H2,1H3. The minimum absolute atomic E-state index is 0.424. The van der Waals surface area contributed by atoms with E-state index in [1.807, 2.05) is 12.1 Å². The molecule has 0 fully saturated rings. The number of ether oxygens (including phenoxy) is 1. The van der Waals surface area contributed by atoms with Gasteiger partial charge in [0.05, 0.1) is 12.8 Å². The van der Waals surface area contributed by atoms with Crippen molar-refractivity contribution < 1.29 is 9.84 Å². The van der Waals surface area contributed by atoms with Crippen LogP contribution in [0.4, 0.5) is 0 Å². The van der Waals surface area contributed by atoms with Crippen molar-refractivity contribution in [2.75, 3.05) is 7.11 Å². The zero-order valence-electron chi connectivity index (χ0n) is 9.88. The molecule has 5 heteroatoms. The topological polar surface area (TPSA) is 55.2 Å². The van der Waals surface area contributed by atoms with Crippen LogP contribution in [-0.2, 0) is 6.42 Å². The molecule has 94 valence electrons. The summed E-state index contributed by atoms with van der Waals surface area (Å²) in [7, 11) is 1.55. The summed E-state index contributed by atoms with van der Waals surface area (Å²) in [5.41, 5.74) is 1.40. The summed E-state index contributed by atoms with van der Waals surface area (Å²) >= 11 is 3.32. The van der Waals surface area contributed by atoms with E-state index in [2.05, 4.69) is 25.9 Å². The zero-order chi connectivity index (χ0) is 13.0. The fourth-order valence-corrected chi connectivity index (χ4v) is 1.79. The van der Waals surface area contributed by atoms with Gasteiger partial charge in [0, 0.05) is 28.9 Å². The van der Waals surface area contributed by atoms with E-state index >= 15 is 0 Å². The fourth-order valence-electron chi connectivity index (χ4n) is 1.56. The SMILES string of the molecule is COc1cccc(C(O)Cc2ccc(Br)cn2)n1. The number of methoxy groups -OCH3 is 1. The molecule has 0 saturated heterocycles. The van der Waals surface area contributed by atoms with Gasteiger partial charge in [-0.05, 0) is 34.1 Å². The summed E-state index contributed by atoms with van der Waals surface area (Å²) in [6, 6.07) is 9.08. The van der Waals surface area contributed by atoms with Gasteiger partial charge in [-0.15, -0.1) is 0 Å². The van der Waals surface area contributed by atoms with Crippen LogP contribution in [0.5, 0.6) is 5.88 Å². The van der Waals surface area contributed by atoms with E-state index in [0.29, 0.717) is 18.0 Å². The van der Waals surface area contributed by atoms with E-state index in [9.17, 15) is 5.11 Å². The molecule has 1 unspecified atom stereocenters. The maximum atomic E-state index is 10.1. The van der Waals surface area contributed by atoms with E-state index in [1.54, 1.807) is 31.5 Å². The molecule has 0 aliphatic heterocycles. The van der Waals surface area contributed by atoms with Crippen molar-refractivity contribution >= 4 is 15.9 Å². The summed E-state index contributed by atoms with van der Waals surface area (Å²) in [5, 5.41) is 10.1. The molecule has 0 radical (unpaired) electrons. The number of hydrogen-bond acceptors (Lipinski definition) is 4. The number of hydrogen-bond donors (Lipinski definition) is 1. The zero-order valence-corrected chi connectivity index (χ0v) is 11.5. The van der Waals surface area contributed by atoms with Crippen LogP contribution in [0.25, 0.3) is 0 Å². The average molecular weight is 309 g/mol. The molecule has 2 aromatic heterocycles. The third kappa shape index (κ3) is 3.27. The summed E-state index contributed by atoms with van der Waals surface area (Å²) < 4.78 is 5.94. The molecule has 0 aromatic carbocycles. The second-order valence-corrected chi connectivity index (χ2v) is 4.71. The Labute approximate surface area is 114 Å². The first-order valence-corrected chi connectivity index (χ1v) is 6.28. The van der Waals surface area contributed by atoms with Crippen molar-refractivity contribution in [3.63, 3.8) is 0 Å². The molecule has 2 heterocycles. The molecule has 0 saturated carbocycles. The quantitative estimate of drug-likeness (QED) is 0.943. The number of pyridine rings is 2. The number of aliphatic hydroxyl groups excluding tert-OH is 1. The van der Waals surface area contributed by atoms with E-state index < -0.39 is 6.10 Å². The van der Waals surface area contributed by atoms with Crippen LogP contribution in [-0.4, -0.2) is 22.2 Å². The Morgan fingerprint density at radius 3 is 2.83 bits per heavy atom. The summed E-state index contributed by atoms with van der Waals surface area (Å²) in [4.78, 5) is 8.42. The van der Waals surface area contributed by atoms with E-state index in [1.165, 1.54) is 0 Å². The molecule has 0 aliphatic rings. The Morgan fingerprint density at radius 2 is 2.17 bits per heavy atom.